The van der Waals surface area contributed by atoms with Gasteiger partial charge < -0.3 is 4.90 Å². The normalized spacial score (nSPS) is 16.2. The summed E-state index contributed by atoms with van der Waals surface area (Å²) in [5, 5.41) is 0.673. The molecule has 2 aromatic heterocycles. The number of hydrogen-bond donors (Lipinski definition) is 0. The summed E-state index contributed by atoms with van der Waals surface area (Å²) in [6.07, 6.45) is 4.41. The number of aromatic nitrogens is 2. The molecule has 1 aliphatic rings. The van der Waals surface area contributed by atoms with Gasteiger partial charge in [-0.2, -0.15) is 0 Å². The maximum Gasteiger partial charge on any atom is 0.262 e. The Balaban J connectivity index is 1.66. The highest BCUT2D eigenvalue weighted by molar-refractivity contribution is 7.18. The number of carbonyl (C=O) groups excluding carboxylic acids is 1. The third-order valence-electron chi connectivity index (χ3n) is 5.34. The van der Waals surface area contributed by atoms with E-state index in [1.807, 2.05) is 6.92 Å². The molecule has 1 amide bonds. The van der Waals surface area contributed by atoms with Crippen molar-refractivity contribution in [3.63, 3.8) is 0 Å². The second-order valence-electron chi connectivity index (χ2n) is 7.32. The zero-order chi connectivity index (χ0) is 19.8. The van der Waals surface area contributed by atoms with Crippen LogP contribution in [0.15, 0.2) is 35.4 Å². The summed E-state index contributed by atoms with van der Waals surface area (Å²) in [5.74, 6) is 0.0444. The number of aryl methyl sites for hydroxylation is 1. The summed E-state index contributed by atoms with van der Waals surface area (Å²) in [5.41, 5.74) is 1.57. The first-order valence-electron chi connectivity index (χ1n) is 9.53. The van der Waals surface area contributed by atoms with Crippen molar-refractivity contribution in [1.82, 2.24) is 9.55 Å². The second-order valence-corrected chi connectivity index (χ2v) is 8.41. The van der Waals surface area contributed by atoms with Gasteiger partial charge in [0.1, 0.15) is 17.2 Å². The first kappa shape index (κ1) is 18.8. The number of benzene rings is 1. The van der Waals surface area contributed by atoms with Crippen molar-refractivity contribution in [2.45, 2.75) is 39.7 Å². The topological polar surface area (TPSA) is 55.2 Å². The van der Waals surface area contributed by atoms with Gasteiger partial charge in [-0.1, -0.05) is 6.92 Å². The van der Waals surface area contributed by atoms with Gasteiger partial charge in [0.2, 0.25) is 5.91 Å². The summed E-state index contributed by atoms with van der Waals surface area (Å²) in [6.45, 7) is 4.42. The van der Waals surface area contributed by atoms with Crippen LogP contribution in [0, 0.1) is 11.7 Å². The summed E-state index contributed by atoms with van der Waals surface area (Å²) in [7, 11) is 0. The van der Waals surface area contributed by atoms with Crippen molar-refractivity contribution in [2.24, 2.45) is 5.92 Å². The van der Waals surface area contributed by atoms with Crippen LogP contribution >= 0.6 is 11.3 Å². The highest BCUT2D eigenvalue weighted by Gasteiger charge is 2.24. The highest BCUT2D eigenvalue weighted by atomic mass is 32.1. The fourth-order valence-corrected chi connectivity index (χ4v) is 5.17. The molecule has 0 aliphatic heterocycles. The molecule has 0 bridgehead atoms. The average Bonchev–Trinajstić information content (AvgIpc) is 3.04. The van der Waals surface area contributed by atoms with E-state index in [2.05, 4.69) is 11.9 Å². The first-order valence-corrected chi connectivity index (χ1v) is 10.3. The molecule has 1 aliphatic carbocycles. The molecule has 0 N–H and O–H groups in total. The van der Waals surface area contributed by atoms with Crippen molar-refractivity contribution in [3.05, 3.63) is 57.2 Å². The lowest BCUT2D eigenvalue weighted by atomic mass is 9.89. The molecule has 0 unspecified atom stereocenters. The van der Waals surface area contributed by atoms with Crippen molar-refractivity contribution in [2.75, 3.05) is 11.4 Å². The van der Waals surface area contributed by atoms with Gasteiger partial charge in [-0.05, 0) is 61.9 Å². The Kier molecular flexibility index (Phi) is 5.02. The van der Waals surface area contributed by atoms with Crippen LogP contribution in [0.1, 0.15) is 30.7 Å². The molecule has 1 atom stereocenters. The average molecular weight is 399 g/mol. The molecule has 28 heavy (non-hydrogen) atoms. The summed E-state index contributed by atoms with van der Waals surface area (Å²) < 4.78 is 14.6. The van der Waals surface area contributed by atoms with Crippen molar-refractivity contribution in [3.8, 4) is 0 Å². The lowest BCUT2D eigenvalue weighted by Gasteiger charge is -2.21. The van der Waals surface area contributed by atoms with E-state index in [1.54, 1.807) is 28.4 Å². The standard InChI is InChI=1S/C21H22FN3O2S/c1-3-25(15-7-5-14(22)6-8-15)18(26)11-24-12-23-20-19(21(24)27)16-9-4-13(2)10-17(16)28-20/h5-8,12-13H,3-4,9-11H2,1-2H3/t13-/m1/s1. The fourth-order valence-electron chi connectivity index (χ4n) is 3.83. The number of rotatable bonds is 4. The molecule has 3 aromatic rings. The SMILES string of the molecule is CCN(C(=O)Cn1cnc2sc3c(c2c1=O)CC[C@@H](C)C3)c1ccc(F)cc1. The smallest absolute Gasteiger partial charge is 0.262 e. The van der Waals surface area contributed by atoms with Gasteiger partial charge in [-0.15, -0.1) is 11.3 Å². The van der Waals surface area contributed by atoms with Crippen LogP contribution in [0.5, 0.6) is 0 Å². The quantitative estimate of drug-likeness (QED) is 0.671. The number of anilines is 1. The molecule has 0 fully saturated rings. The Morgan fingerprint density at radius 2 is 2.11 bits per heavy atom. The lowest BCUT2D eigenvalue weighted by Crippen LogP contribution is -2.36. The van der Waals surface area contributed by atoms with E-state index >= 15 is 0 Å². The van der Waals surface area contributed by atoms with Crippen LogP contribution in [-0.4, -0.2) is 22.0 Å². The summed E-state index contributed by atoms with van der Waals surface area (Å²) >= 11 is 1.60. The summed E-state index contributed by atoms with van der Waals surface area (Å²) in [6, 6.07) is 5.78. The number of fused-ring (bicyclic) bond motifs is 3. The molecule has 146 valence electrons. The molecular formula is C21H22FN3O2S. The maximum absolute atomic E-state index is 13.2. The molecule has 0 saturated heterocycles. The highest BCUT2D eigenvalue weighted by Crippen LogP contribution is 2.35. The molecule has 0 spiro atoms. The first-order chi connectivity index (χ1) is 13.5. The molecule has 0 saturated carbocycles. The van der Waals surface area contributed by atoms with E-state index in [-0.39, 0.29) is 23.8 Å². The van der Waals surface area contributed by atoms with E-state index in [0.29, 0.717) is 23.5 Å². The fraction of sp³-hybridized carbons (Fsp3) is 0.381. The monoisotopic (exact) mass is 399 g/mol. The van der Waals surface area contributed by atoms with Crippen LogP contribution in [0.25, 0.3) is 10.2 Å². The lowest BCUT2D eigenvalue weighted by molar-refractivity contribution is -0.119. The number of thiophene rings is 1. The molecule has 2 heterocycles. The van der Waals surface area contributed by atoms with Crippen LogP contribution in [0.2, 0.25) is 0 Å². The number of amides is 1. The molecule has 4 rings (SSSR count). The molecule has 7 heteroatoms. The van der Waals surface area contributed by atoms with Crippen LogP contribution < -0.4 is 10.5 Å². The van der Waals surface area contributed by atoms with Crippen LogP contribution in [0.4, 0.5) is 10.1 Å². The Morgan fingerprint density at radius 3 is 2.82 bits per heavy atom. The number of nitrogens with zero attached hydrogens (tertiary/aromatic N) is 3. The minimum atomic E-state index is -0.352. The van der Waals surface area contributed by atoms with Crippen LogP contribution in [-0.2, 0) is 24.2 Å². The van der Waals surface area contributed by atoms with Gasteiger partial charge in [-0.3, -0.25) is 14.2 Å². The summed E-state index contributed by atoms with van der Waals surface area (Å²) in [4.78, 5) is 33.9. The third kappa shape index (κ3) is 3.35. The number of carbonyl (C=O) groups is 1. The van der Waals surface area contributed by atoms with E-state index in [0.717, 1.165) is 29.7 Å². The minimum Gasteiger partial charge on any atom is -0.311 e. The molecule has 0 radical (unpaired) electrons. The van der Waals surface area contributed by atoms with Gasteiger partial charge in [0.15, 0.2) is 0 Å². The Bertz CT molecular complexity index is 1090. The maximum atomic E-state index is 13.2. The van der Waals surface area contributed by atoms with E-state index in [1.165, 1.54) is 27.9 Å². The molecule has 1 aromatic carbocycles. The molecule has 5 nitrogen and oxygen atoms in total. The Morgan fingerprint density at radius 1 is 1.36 bits per heavy atom. The number of hydrogen-bond acceptors (Lipinski definition) is 4. The molecular weight excluding hydrogens is 377 g/mol. The van der Waals surface area contributed by atoms with Crippen LogP contribution in [0.3, 0.4) is 0 Å². The van der Waals surface area contributed by atoms with Gasteiger partial charge in [-0.25, -0.2) is 9.37 Å². The van der Waals surface area contributed by atoms with Gasteiger partial charge in [0, 0.05) is 17.1 Å². The van der Waals surface area contributed by atoms with Gasteiger partial charge >= 0.3 is 0 Å². The van der Waals surface area contributed by atoms with Crippen molar-refractivity contribution < 1.29 is 9.18 Å². The van der Waals surface area contributed by atoms with E-state index in [4.69, 9.17) is 0 Å². The van der Waals surface area contributed by atoms with Gasteiger partial charge in [0.25, 0.3) is 5.56 Å². The minimum absolute atomic E-state index is 0.0893. The van der Waals surface area contributed by atoms with Crippen molar-refractivity contribution >= 4 is 33.1 Å². The van der Waals surface area contributed by atoms with Gasteiger partial charge in [0.05, 0.1) is 11.7 Å². The predicted molar refractivity (Wildman–Crippen MR) is 109 cm³/mol. The predicted octanol–water partition coefficient (Wildman–Crippen LogP) is 3.78. The number of likely N-dealkylation sites (N-methyl/N-ethyl adjacent to an activating group) is 1. The third-order valence-corrected chi connectivity index (χ3v) is 6.51. The van der Waals surface area contributed by atoms with E-state index in [9.17, 15) is 14.0 Å². The zero-order valence-corrected chi connectivity index (χ0v) is 16.8. The largest absolute Gasteiger partial charge is 0.311 e. The van der Waals surface area contributed by atoms with E-state index < -0.39 is 0 Å². The van der Waals surface area contributed by atoms with Crippen molar-refractivity contribution in [1.29, 1.82) is 0 Å². The Hall–Kier alpha value is -2.54. The zero-order valence-electron chi connectivity index (χ0n) is 15.9. The second kappa shape index (κ2) is 7.47. The Labute approximate surface area is 166 Å². The number of halogens is 1.